The number of anilines is 1. The van der Waals surface area contributed by atoms with E-state index in [1.165, 1.54) is 6.07 Å². The van der Waals surface area contributed by atoms with Gasteiger partial charge in [-0.15, -0.1) is 0 Å². The van der Waals surface area contributed by atoms with Crippen LogP contribution in [0.15, 0.2) is 43.6 Å². The molecule has 0 aromatic carbocycles. The second-order valence-corrected chi connectivity index (χ2v) is 4.83. The minimum atomic E-state index is -0.278. The van der Waals surface area contributed by atoms with Crippen molar-refractivity contribution in [3.8, 4) is 0 Å². The van der Waals surface area contributed by atoms with Crippen molar-refractivity contribution < 1.29 is 4.39 Å². The number of halogens is 1. The van der Waals surface area contributed by atoms with Crippen molar-refractivity contribution in [2.45, 2.75) is 13.3 Å². The maximum Gasteiger partial charge on any atom is 0.166 e. The summed E-state index contributed by atoms with van der Waals surface area (Å²) in [5.41, 5.74) is 1.43. The number of allylic oxidation sites excluding steroid dienone is 4. The van der Waals surface area contributed by atoms with Gasteiger partial charge in [-0.1, -0.05) is 38.3 Å². The summed E-state index contributed by atoms with van der Waals surface area (Å²) in [6, 6.07) is 1.50. The fraction of sp³-hybridized carbons (Fsp3) is 0.312. The molecule has 2 heterocycles. The highest BCUT2D eigenvalue weighted by Crippen LogP contribution is 2.28. The standard InChI is InChI=1S/C16H19FN2/c1-4-6-7-12(3)14-8-15(17)16(18-9-14)19-10-13(5-2)11-19/h4,6-9,13H,1,3,5,10-11H2,2H3/b7-6-. The smallest absolute Gasteiger partial charge is 0.166 e. The first-order chi connectivity index (χ1) is 9.15. The summed E-state index contributed by atoms with van der Waals surface area (Å²) in [5, 5.41) is 0. The molecular formula is C16H19FN2. The molecule has 0 bridgehead atoms. The first-order valence-corrected chi connectivity index (χ1v) is 6.54. The van der Waals surface area contributed by atoms with E-state index in [2.05, 4.69) is 25.1 Å². The largest absolute Gasteiger partial charge is 0.353 e. The van der Waals surface area contributed by atoms with Crippen LogP contribution in [0.5, 0.6) is 0 Å². The summed E-state index contributed by atoms with van der Waals surface area (Å²) in [6.45, 7) is 11.4. The molecule has 19 heavy (non-hydrogen) atoms. The molecule has 0 N–H and O–H groups in total. The number of nitrogens with zero attached hydrogens (tertiary/aromatic N) is 2. The Morgan fingerprint density at radius 2 is 2.32 bits per heavy atom. The Hall–Kier alpha value is -1.90. The maximum absolute atomic E-state index is 14.0. The fourth-order valence-corrected chi connectivity index (χ4v) is 2.12. The Bertz CT molecular complexity index is 513. The van der Waals surface area contributed by atoms with Gasteiger partial charge in [0.2, 0.25) is 0 Å². The van der Waals surface area contributed by atoms with Crippen LogP contribution in [-0.4, -0.2) is 18.1 Å². The summed E-state index contributed by atoms with van der Waals surface area (Å²) in [4.78, 5) is 6.21. The van der Waals surface area contributed by atoms with Crippen LogP contribution in [-0.2, 0) is 0 Å². The van der Waals surface area contributed by atoms with Crippen molar-refractivity contribution in [1.82, 2.24) is 4.98 Å². The third-order valence-electron chi connectivity index (χ3n) is 3.46. The quantitative estimate of drug-likeness (QED) is 0.746. The van der Waals surface area contributed by atoms with Gasteiger partial charge in [0.15, 0.2) is 11.6 Å². The van der Waals surface area contributed by atoms with Gasteiger partial charge in [0.05, 0.1) is 0 Å². The van der Waals surface area contributed by atoms with Crippen LogP contribution >= 0.6 is 0 Å². The van der Waals surface area contributed by atoms with E-state index in [9.17, 15) is 4.39 Å². The number of hydrogen-bond acceptors (Lipinski definition) is 2. The molecule has 0 spiro atoms. The van der Waals surface area contributed by atoms with Gasteiger partial charge in [0, 0.05) is 24.8 Å². The lowest BCUT2D eigenvalue weighted by Crippen LogP contribution is -2.47. The van der Waals surface area contributed by atoms with Gasteiger partial charge in [-0.2, -0.15) is 0 Å². The Kier molecular flexibility index (Phi) is 4.15. The van der Waals surface area contributed by atoms with Crippen LogP contribution < -0.4 is 4.90 Å². The first-order valence-electron chi connectivity index (χ1n) is 6.54. The van der Waals surface area contributed by atoms with Crippen molar-refractivity contribution in [2.24, 2.45) is 5.92 Å². The van der Waals surface area contributed by atoms with Crippen LogP contribution in [0.3, 0.4) is 0 Å². The minimum Gasteiger partial charge on any atom is -0.353 e. The molecule has 0 aliphatic carbocycles. The predicted molar refractivity (Wildman–Crippen MR) is 78.6 cm³/mol. The molecule has 0 unspecified atom stereocenters. The molecule has 100 valence electrons. The van der Waals surface area contributed by atoms with Crippen LogP contribution in [0.1, 0.15) is 18.9 Å². The van der Waals surface area contributed by atoms with Crippen molar-refractivity contribution in [1.29, 1.82) is 0 Å². The zero-order valence-corrected chi connectivity index (χ0v) is 11.3. The number of pyridine rings is 1. The summed E-state index contributed by atoms with van der Waals surface area (Å²) in [7, 11) is 0. The Labute approximate surface area is 114 Å². The molecule has 1 saturated heterocycles. The van der Waals surface area contributed by atoms with E-state index in [-0.39, 0.29) is 5.82 Å². The van der Waals surface area contributed by atoms with Gasteiger partial charge < -0.3 is 4.90 Å². The number of rotatable bonds is 5. The third kappa shape index (κ3) is 2.92. The average Bonchev–Trinajstić information content (AvgIpc) is 2.36. The average molecular weight is 258 g/mol. The van der Waals surface area contributed by atoms with E-state index in [0.717, 1.165) is 25.1 Å². The van der Waals surface area contributed by atoms with E-state index in [1.54, 1.807) is 24.4 Å². The molecule has 1 aromatic rings. The topological polar surface area (TPSA) is 16.1 Å². The van der Waals surface area contributed by atoms with Crippen molar-refractivity contribution in [3.63, 3.8) is 0 Å². The molecule has 1 fully saturated rings. The summed E-state index contributed by atoms with van der Waals surface area (Å²) < 4.78 is 14.0. The Morgan fingerprint density at radius 1 is 1.58 bits per heavy atom. The van der Waals surface area contributed by atoms with Crippen LogP contribution in [0, 0.1) is 11.7 Å². The van der Waals surface area contributed by atoms with Gasteiger partial charge in [0.25, 0.3) is 0 Å². The van der Waals surface area contributed by atoms with Gasteiger partial charge in [-0.3, -0.25) is 0 Å². The monoisotopic (exact) mass is 258 g/mol. The predicted octanol–water partition coefficient (Wildman–Crippen LogP) is 3.82. The molecule has 1 aliphatic heterocycles. The van der Waals surface area contributed by atoms with Crippen molar-refractivity contribution in [2.75, 3.05) is 18.0 Å². The normalized spacial score (nSPS) is 15.6. The van der Waals surface area contributed by atoms with Crippen molar-refractivity contribution >= 4 is 11.4 Å². The number of hydrogen-bond donors (Lipinski definition) is 0. The lowest BCUT2D eigenvalue weighted by atomic mass is 9.97. The Morgan fingerprint density at radius 3 is 2.89 bits per heavy atom. The maximum atomic E-state index is 14.0. The van der Waals surface area contributed by atoms with E-state index < -0.39 is 0 Å². The SMILES string of the molecule is C=C/C=C\C(=C)c1cnc(N2CC(CC)C2)c(F)c1. The van der Waals surface area contributed by atoms with Gasteiger partial charge >= 0.3 is 0 Å². The van der Waals surface area contributed by atoms with Crippen molar-refractivity contribution in [3.05, 3.63) is 55.0 Å². The zero-order valence-electron chi connectivity index (χ0n) is 11.3. The second kappa shape index (κ2) is 5.83. The molecular weight excluding hydrogens is 239 g/mol. The second-order valence-electron chi connectivity index (χ2n) is 4.83. The zero-order chi connectivity index (χ0) is 13.8. The molecule has 0 radical (unpaired) electrons. The van der Waals surface area contributed by atoms with Gasteiger partial charge in [0.1, 0.15) is 0 Å². The highest BCUT2D eigenvalue weighted by atomic mass is 19.1. The van der Waals surface area contributed by atoms with E-state index in [0.29, 0.717) is 17.3 Å². The third-order valence-corrected chi connectivity index (χ3v) is 3.46. The molecule has 1 aliphatic rings. The van der Waals surface area contributed by atoms with Gasteiger partial charge in [-0.05, 0) is 24.0 Å². The van der Waals surface area contributed by atoms with Crippen LogP contribution in [0.2, 0.25) is 0 Å². The number of aromatic nitrogens is 1. The molecule has 2 nitrogen and oxygen atoms in total. The molecule has 2 rings (SSSR count). The minimum absolute atomic E-state index is 0.278. The summed E-state index contributed by atoms with van der Waals surface area (Å²) in [6.07, 6.45) is 8.04. The highest BCUT2D eigenvalue weighted by molar-refractivity contribution is 5.72. The molecule has 3 heteroatoms. The lowest BCUT2D eigenvalue weighted by molar-refractivity contribution is 0.390. The highest BCUT2D eigenvalue weighted by Gasteiger charge is 2.28. The summed E-state index contributed by atoms with van der Waals surface area (Å²) >= 11 is 0. The van der Waals surface area contributed by atoms with Crippen LogP contribution in [0.4, 0.5) is 10.2 Å². The first kappa shape index (κ1) is 13.5. The van der Waals surface area contributed by atoms with E-state index >= 15 is 0 Å². The van der Waals surface area contributed by atoms with Crippen LogP contribution in [0.25, 0.3) is 5.57 Å². The fourth-order valence-electron chi connectivity index (χ4n) is 2.12. The molecule has 0 amide bonds. The van der Waals surface area contributed by atoms with Gasteiger partial charge in [-0.25, -0.2) is 9.37 Å². The summed E-state index contributed by atoms with van der Waals surface area (Å²) in [5.74, 6) is 0.848. The lowest BCUT2D eigenvalue weighted by Gasteiger charge is -2.39. The Balaban J connectivity index is 2.11. The molecule has 0 atom stereocenters. The molecule has 0 saturated carbocycles. The van der Waals surface area contributed by atoms with E-state index in [4.69, 9.17) is 0 Å². The molecule has 1 aromatic heterocycles. The van der Waals surface area contributed by atoms with E-state index in [1.807, 2.05) is 4.90 Å².